The highest BCUT2D eigenvalue weighted by Crippen LogP contribution is 2.25. The van der Waals surface area contributed by atoms with Crippen molar-refractivity contribution in [2.75, 3.05) is 19.6 Å². The zero-order chi connectivity index (χ0) is 13.1. The molecule has 1 aromatic rings. The molecule has 2 heterocycles. The minimum atomic E-state index is -0.0382. The van der Waals surface area contributed by atoms with Crippen LogP contribution in [-0.2, 0) is 4.79 Å². The lowest BCUT2D eigenvalue weighted by molar-refractivity contribution is -0.120. The standard InChI is InChI=1S/C13H21N3O2/c1-9-3-4-11(18-9)13(10(2)14)16-7-5-12(17)15-6-8-16/h3-4,10,13H,5-8,14H2,1-2H3,(H,15,17). The predicted molar refractivity (Wildman–Crippen MR) is 69.0 cm³/mol. The van der Waals surface area contributed by atoms with E-state index < -0.39 is 0 Å². The average Bonchev–Trinajstić information content (AvgIpc) is 2.60. The van der Waals surface area contributed by atoms with E-state index in [-0.39, 0.29) is 18.0 Å². The van der Waals surface area contributed by atoms with Crippen LogP contribution in [-0.4, -0.2) is 36.5 Å². The molecule has 1 aliphatic heterocycles. The molecule has 1 aromatic heterocycles. The number of carbonyl (C=O) groups is 1. The first kappa shape index (κ1) is 13.1. The van der Waals surface area contributed by atoms with Gasteiger partial charge in [0.2, 0.25) is 5.91 Å². The highest BCUT2D eigenvalue weighted by atomic mass is 16.3. The number of nitrogens with one attached hydrogen (secondary N) is 1. The molecule has 18 heavy (non-hydrogen) atoms. The van der Waals surface area contributed by atoms with Crippen LogP contribution < -0.4 is 11.1 Å². The highest BCUT2D eigenvalue weighted by Gasteiger charge is 2.28. The normalized spacial score (nSPS) is 21.2. The van der Waals surface area contributed by atoms with Crippen LogP contribution in [0.4, 0.5) is 0 Å². The van der Waals surface area contributed by atoms with E-state index in [1.165, 1.54) is 0 Å². The lowest BCUT2D eigenvalue weighted by atomic mass is 10.1. The van der Waals surface area contributed by atoms with E-state index in [1.54, 1.807) is 0 Å². The maximum atomic E-state index is 11.4. The monoisotopic (exact) mass is 251 g/mol. The molecule has 0 radical (unpaired) electrons. The van der Waals surface area contributed by atoms with Gasteiger partial charge in [0.05, 0.1) is 6.04 Å². The maximum Gasteiger partial charge on any atom is 0.221 e. The number of aryl methyl sites for hydroxylation is 1. The van der Waals surface area contributed by atoms with Crippen molar-refractivity contribution in [1.82, 2.24) is 10.2 Å². The van der Waals surface area contributed by atoms with Gasteiger partial charge in [-0.15, -0.1) is 0 Å². The molecule has 5 nitrogen and oxygen atoms in total. The van der Waals surface area contributed by atoms with Crippen molar-refractivity contribution in [1.29, 1.82) is 0 Å². The number of hydrogen-bond acceptors (Lipinski definition) is 4. The van der Waals surface area contributed by atoms with Crippen molar-refractivity contribution in [2.45, 2.75) is 32.4 Å². The van der Waals surface area contributed by atoms with Crippen LogP contribution in [0.1, 0.15) is 30.9 Å². The van der Waals surface area contributed by atoms with Gasteiger partial charge < -0.3 is 15.5 Å². The lowest BCUT2D eigenvalue weighted by Gasteiger charge is -2.31. The molecule has 100 valence electrons. The Morgan fingerprint density at radius 2 is 2.22 bits per heavy atom. The van der Waals surface area contributed by atoms with Crippen LogP contribution in [0.5, 0.6) is 0 Å². The molecule has 2 rings (SSSR count). The second-order valence-electron chi connectivity index (χ2n) is 4.89. The molecule has 0 bridgehead atoms. The largest absolute Gasteiger partial charge is 0.465 e. The fourth-order valence-electron chi connectivity index (χ4n) is 2.45. The van der Waals surface area contributed by atoms with Crippen LogP contribution in [0, 0.1) is 6.92 Å². The molecule has 1 fully saturated rings. The van der Waals surface area contributed by atoms with Crippen LogP contribution >= 0.6 is 0 Å². The molecule has 1 amide bonds. The zero-order valence-corrected chi connectivity index (χ0v) is 11.0. The van der Waals surface area contributed by atoms with Gasteiger partial charge in [-0.2, -0.15) is 0 Å². The minimum absolute atomic E-state index is 0.0337. The van der Waals surface area contributed by atoms with Gasteiger partial charge in [-0.1, -0.05) is 0 Å². The predicted octanol–water partition coefficient (Wildman–Crippen LogP) is 0.798. The summed E-state index contributed by atoms with van der Waals surface area (Å²) < 4.78 is 5.70. The number of amides is 1. The van der Waals surface area contributed by atoms with Crippen molar-refractivity contribution < 1.29 is 9.21 Å². The molecular weight excluding hydrogens is 230 g/mol. The molecule has 5 heteroatoms. The second kappa shape index (κ2) is 5.54. The van der Waals surface area contributed by atoms with Crippen molar-refractivity contribution in [2.24, 2.45) is 5.73 Å². The van der Waals surface area contributed by atoms with Gasteiger partial charge in [0.1, 0.15) is 11.5 Å². The third-order valence-electron chi connectivity index (χ3n) is 3.29. The Bertz CT molecular complexity index is 414. The molecule has 2 unspecified atom stereocenters. The third-order valence-corrected chi connectivity index (χ3v) is 3.29. The van der Waals surface area contributed by atoms with E-state index in [9.17, 15) is 4.79 Å². The van der Waals surface area contributed by atoms with E-state index in [4.69, 9.17) is 10.2 Å². The van der Waals surface area contributed by atoms with Crippen LogP contribution in [0.25, 0.3) is 0 Å². The lowest BCUT2D eigenvalue weighted by Crippen LogP contribution is -2.41. The summed E-state index contributed by atoms with van der Waals surface area (Å²) in [5.74, 6) is 1.88. The molecular formula is C13H21N3O2. The summed E-state index contributed by atoms with van der Waals surface area (Å²) in [6, 6.07) is 3.92. The van der Waals surface area contributed by atoms with Gasteiger partial charge in [-0.3, -0.25) is 9.69 Å². The first-order chi connectivity index (χ1) is 8.58. The Morgan fingerprint density at radius 3 is 2.83 bits per heavy atom. The summed E-state index contributed by atoms with van der Waals surface area (Å²) in [5, 5.41) is 2.87. The average molecular weight is 251 g/mol. The first-order valence-electron chi connectivity index (χ1n) is 6.40. The molecule has 1 saturated heterocycles. The van der Waals surface area contributed by atoms with Gasteiger partial charge in [0, 0.05) is 32.1 Å². The summed E-state index contributed by atoms with van der Waals surface area (Å²) >= 11 is 0. The number of carbonyl (C=O) groups excluding carboxylic acids is 1. The van der Waals surface area contributed by atoms with Crippen molar-refractivity contribution in [3.63, 3.8) is 0 Å². The number of nitrogens with zero attached hydrogens (tertiary/aromatic N) is 1. The summed E-state index contributed by atoms with van der Waals surface area (Å²) in [4.78, 5) is 13.6. The summed E-state index contributed by atoms with van der Waals surface area (Å²) in [7, 11) is 0. The zero-order valence-electron chi connectivity index (χ0n) is 11.0. The molecule has 1 aliphatic rings. The smallest absolute Gasteiger partial charge is 0.221 e. The van der Waals surface area contributed by atoms with Gasteiger partial charge in [-0.05, 0) is 26.0 Å². The Balaban J connectivity index is 2.17. The van der Waals surface area contributed by atoms with Gasteiger partial charge in [0.15, 0.2) is 0 Å². The molecule has 2 atom stereocenters. The Labute approximate surface area is 107 Å². The van der Waals surface area contributed by atoms with E-state index in [0.717, 1.165) is 24.6 Å². The molecule has 0 spiro atoms. The summed E-state index contributed by atoms with van der Waals surface area (Å²) in [6.45, 7) is 6.09. The van der Waals surface area contributed by atoms with Gasteiger partial charge in [0.25, 0.3) is 0 Å². The van der Waals surface area contributed by atoms with Crippen molar-refractivity contribution in [3.05, 3.63) is 23.7 Å². The van der Waals surface area contributed by atoms with E-state index in [0.29, 0.717) is 13.0 Å². The SMILES string of the molecule is Cc1ccc(C(C(C)N)N2CCNC(=O)CC2)o1. The molecule has 0 aliphatic carbocycles. The van der Waals surface area contributed by atoms with Gasteiger partial charge in [-0.25, -0.2) is 0 Å². The second-order valence-corrected chi connectivity index (χ2v) is 4.89. The Hall–Kier alpha value is -1.33. The van der Waals surface area contributed by atoms with Crippen LogP contribution in [0.2, 0.25) is 0 Å². The number of furan rings is 1. The van der Waals surface area contributed by atoms with E-state index in [2.05, 4.69) is 10.2 Å². The fourth-order valence-corrected chi connectivity index (χ4v) is 2.45. The fraction of sp³-hybridized carbons (Fsp3) is 0.615. The maximum absolute atomic E-state index is 11.4. The Kier molecular flexibility index (Phi) is 4.04. The van der Waals surface area contributed by atoms with Crippen LogP contribution in [0.15, 0.2) is 16.5 Å². The molecule has 0 aromatic carbocycles. The Morgan fingerprint density at radius 1 is 1.44 bits per heavy atom. The number of hydrogen-bond donors (Lipinski definition) is 2. The quantitative estimate of drug-likeness (QED) is 0.833. The van der Waals surface area contributed by atoms with Crippen LogP contribution in [0.3, 0.4) is 0 Å². The van der Waals surface area contributed by atoms with Crippen molar-refractivity contribution >= 4 is 5.91 Å². The summed E-state index contributed by atoms with van der Waals surface area (Å²) in [6.07, 6.45) is 0.517. The summed E-state index contributed by atoms with van der Waals surface area (Å²) in [5.41, 5.74) is 6.09. The topological polar surface area (TPSA) is 71.5 Å². The van der Waals surface area contributed by atoms with E-state index in [1.807, 2.05) is 26.0 Å². The molecule has 0 saturated carbocycles. The number of rotatable bonds is 3. The minimum Gasteiger partial charge on any atom is -0.465 e. The highest BCUT2D eigenvalue weighted by molar-refractivity contribution is 5.76. The third kappa shape index (κ3) is 2.91. The van der Waals surface area contributed by atoms with Crippen molar-refractivity contribution in [3.8, 4) is 0 Å². The number of nitrogens with two attached hydrogens (primary N) is 1. The molecule has 3 N–H and O–H groups in total. The first-order valence-corrected chi connectivity index (χ1v) is 6.40. The van der Waals surface area contributed by atoms with E-state index >= 15 is 0 Å². The van der Waals surface area contributed by atoms with Gasteiger partial charge >= 0.3 is 0 Å².